The van der Waals surface area contributed by atoms with E-state index in [1.165, 1.54) is 0 Å². The molecule has 0 bridgehead atoms. The lowest BCUT2D eigenvalue weighted by molar-refractivity contribution is -0.143. The molecule has 0 aliphatic carbocycles. The van der Waals surface area contributed by atoms with Gasteiger partial charge in [0.1, 0.15) is 15.3 Å². The van der Waals surface area contributed by atoms with Crippen LogP contribution in [0.1, 0.15) is 17.5 Å². The lowest BCUT2D eigenvalue weighted by atomic mass is 9.77. The van der Waals surface area contributed by atoms with Crippen molar-refractivity contribution in [2.24, 2.45) is 5.73 Å². The van der Waals surface area contributed by atoms with Crippen LogP contribution in [0.15, 0.2) is 24.3 Å². The van der Waals surface area contributed by atoms with E-state index in [1.54, 1.807) is 18.2 Å². The molecule has 6 heteroatoms. The molecule has 0 aliphatic rings. The number of hydrogen-bond acceptors (Lipinski definition) is 4. The fourth-order valence-electron chi connectivity index (χ4n) is 1.98. The van der Waals surface area contributed by atoms with Crippen molar-refractivity contribution in [1.29, 1.82) is 0 Å². The molecule has 3 N–H and O–H groups in total. The largest absolute Gasteiger partial charge is 0.481 e. The highest BCUT2D eigenvalue weighted by atomic mass is 32.2. The van der Waals surface area contributed by atoms with Crippen molar-refractivity contribution in [2.45, 2.75) is 18.8 Å². The number of aliphatic carboxylic acids is 1. The Bertz CT molecular complexity index is 568. The topological polar surface area (TPSA) is 97.5 Å². The summed E-state index contributed by atoms with van der Waals surface area (Å²) in [5.41, 5.74) is 5.75. The van der Waals surface area contributed by atoms with Gasteiger partial charge >= 0.3 is 5.97 Å². The van der Waals surface area contributed by atoms with Crippen LogP contribution < -0.4 is 5.73 Å². The van der Waals surface area contributed by atoms with Gasteiger partial charge in [0.05, 0.1) is 5.75 Å². The molecular formula is C13H19NO4S. The zero-order chi connectivity index (χ0) is 14.7. The maximum absolute atomic E-state index is 11.6. The lowest BCUT2D eigenvalue weighted by Gasteiger charge is -2.28. The van der Waals surface area contributed by atoms with Crippen LogP contribution in [0.4, 0.5) is 0 Å². The van der Waals surface area contributed by atoms with Crippen LogP contribution in [0.25, 0.3) is 0 Å². The molecule has 0 fully saturated rings. The second kappa shape index (κ2) is 5.71. The number of carboxylic acid groups (broad SMARTS) is 1. The van der Waals surface area contributed by atoms with E-state index in [4.69, 9.17) is 5.73 Å². The van der Waals surface area contributed by atoms with E-state index in [2.05, 4.69) is 0 Å². The Labute approximate surface area is 113 Å². The molecule has 19 heavy (non-hydrogen) atoms. The van der Waals surface area contributed by atoms with Gasteiger partial charge in [-0.3, -0.25) is 4.79 Å². The van der Waals surface area contributed by atoms with Crippen LogP contribution in [-0.4, -0.2) is 38.0 Å². The highest BCUT2D eigenvalue weighted by Gasteiger charge is 2.39. The maximum Gasteiger partial charge on any atom is 0.315 e. The zero-order valence-electron chi connectivity index (χ0n) is 11.1. The predicted molar refractivity (Wildman–Crippen MR) is 73.9 cm³/mol. The number of benzene rings is 1. The highest BCUT2D eigenvalue weighted by molar-refractivity contribution is 7.90. The van der Waals surface area contributed by atoms with Crippen molar-refractivity contribution in [1.82, 2.24) is 0 Å². The fraction of sp³-hybridized carbons (Fsp3) is 0.462. The Morgan fingerprint density at radius 3 is 2.47 bits per heavy atom. The van der Waals surface area contributed by atoms with Crippen LogP contribution in [-0.2, 0) is 20.0 Å². The van der Waals surface area contributed by atoms with Gasteiger partial charge < -0.3 is 10.8 Å². The molecule has 1 rings (SSSR count). The van der Waals surface area contributed by atoms with E-state index < -0.39 is 21.2 Å². The van der Waals surface area contributed by atoms with Crippen molar-refractivity contribution < 1.29 is 18.3 Å². The van der Waals surface area contributed by atoms with Crippen molar-refractivity contribution in [3.05, 3.63) is 35.4 Å². The maximum atomic E-state index is 11.6. The zero-order valence-corrected chi connectivity index (χ0v) is 11.9. The summed E-state index contributed by atoms with van der Waals surface area (Å²) in [5.74, 6) is -1.30. The molecule has 0 aromatic heterocycles. The summed E-state index contributed by atoms with van der Waals surface area (Å²) >= 11 is 0. The van der Waals surface area contributed by atoms with Gasteiger partial charge in [-0.1, -0.05) is 29.8 Å². The minimum Gasteiger partial charge on any atom is -0.481 e. The number of sulfone groups is 1. The van der Waals surface area contributed by atoms with Crippen molar-refractivity contribution in [3.63, 3.8) is 0 Å². The molecule has 1 aromatic rings. The fourth-order valence-corrected chi connectivity index (χ4v) is 2.70. The van der Waals surface area contributed by atoms with E-state index in [0.717, 1.165) is 11.8 Å². The first-order valence-electron chi connectivity index (χ1n) is 5.89. The van der Waals surface area contributed by atoms with Gasteiger partial charge in [0.2, 0.25) is 0 Å². The predicted octanol–water partition coefficient (Wildman–Crippen LogP) is 0.711. The molecule has 1 unspecified atom stereocenters. The third-order valence-corrected chi connectivity index (χ3v) is 4.17. The van der Waals surface area contributed by atoms with E-state index >= 15 is 0 Å². The Kier molecular flexibility index (Phi) is 4.70. The Hall–Kier alpha value is -1.40. The first-order chi connectivity index (χ1) is 8.71. The van der Waals surface area contributed by atoms with Crippen LogP contribution >= 0.6 is 0 Å². The van der Waals surface area contributed by atoms with Gasteiger partial charge in [0, 0.05) is 12.8 Å². The van der Waals surface area contributed by atoms with E-state index in [1.807, 2.05) is 13.0 Å². The first kappa shape index (κ1) is 15.7. The first-order valence-corrected chi connectivity index (χ1v) is 7.96. The summed E-state index contributed by atoms with van der Waals surface area (Å²) in [6.07, 6.45) is 1.06. The monoisotopic (exact) mass is 285 g/mol. The molecule has 0 heterocycles. The lowest BCUT2D eigenvalue weighted by Crippen LogP contribution is -2.44. The van der Waals surface area contributed by atoms with Crippen LogP contribution in [0, 0.1) is 6.92 Å². The quantitative estimate of drug-likeness (QED) is 0.802. The molecule has 0 saturated heterocycles. The number of nitrogens with two attached hydrogens (primary N) is 1. The number of carbonyl (C=O) groups is 1. The number of aryl methyl sites for hydroxylation is 1. The third-order valence-electron chi connectivity index (χ3n) is 3.23. The van der Waals surface area contributed by atoms with Gasteiger partial charge in [-0.15, -0.1) is 0 Å². The average molecular weight is 285 g/mol. The molecule has 5 nitrogen and oxygen atoms in total. The Balaban J connectivity index is 3.23. The molecule has 0 radical (unpaired) electrons. The van der Waals surface area contributed by atoms with Gasteiger partial charge in [0.25, 0.3) is 0 Å². The van der Waals surface area contributed by atoms with Crippen molar-refractivity contribution in [3.8, 4) is 0 Å². The molecule has 1 aromatic carbocycles. The average Bonchev–Trinajstić information content (AvgIpc) is 2.28. The smallest absolute Gasteiger partial charge is 0.315 e. The molecule has 0 spiro atoms. The summed E-state index contributed by atoms with van der Waals surface area (Å²) < 4.78 is 22.6. The standard InChI is InChI=1S/C13H19NO4S/c1-10-4-3-5-11(8-10)13(9-14,12(15)16)6-7-19(2,17)18/h3-5,8H,6-7,9,14H2,1-2H3,(H,15,16). The minimum atomic E-state index is -3.24. The van der Waals surface area contributed by atoms with E-state index in [9.17, 15) is 18.3 Å². The highest BCUT2D eigenvalue weighted by Crippen LogP contribution is 2.29. The van der Waals surface area contributed by atoms with E-state index in [-0.39, 0.29) is 18.7 Å². The minimum absolute atomic E-state index is 0.0267. The molecule has 0 aliphatic heterocycles. The number of hydrogen-bond donors (Lipinski definition) is 2. The molecule has 106 valence electrons. The van der Waals surface area contributed by atoms with Crippen molar-refractivity contribution >= 4 is 15.8 Å². The Morgan fingerprint density at radius 2 is 2.05 bits per heavy atom. The van der Waals surface area contributed by atoms with Crippen LogP contribution in [0.5, 0.6) is 0 Å². The van der Waals surface area contributed by atoms with Crippen molar-refractivity contribution in [2.75, 3.05) is 18.6 Å². The molecule has 0 saturated carbocycles. The summed E-state index contributed by atoms with van der Waals surface area (Å²) in [7, 11) is -3.24. The number of carboxylic acids is 1. The molecule has 1 atom stereocenters. The third kappa shape index (κ3) is 3.78. The molecular weight excluding hydrogens is 266 g/mol. The van der Waals surface area contributed by atoms with Gasteiger partial charge in [-0.05, 0) is 18.9 Å². The van der Waals surface area contributed by atoms with E-state index in [0.29, 0.717) is 5.56 Å². The molecule has 0 amide bonds. The normalized spacial score (nSPS) is 14.9. The van der Waals surface area contributed by atoms with Gasteiger partial charge in [0.15, 0.2) is 0 Å². The van der Waals surface area contributed by atoms with Crippen LogP contribution in [0.2, 0.25) is 0 Å². The summed E-state index contributed by atoms with van der Waals surface area (Å²) in [6.45, 7) is 1.71. The SMILES string of the molecule is Cc1cccc(C(CN)(CCS(C)(=O)=O)C(=O)O)c1. The number of rotatable bonds is 6. The second-order valence-electron chi connectivity index (χ2n) is 4.84. The Morgan fingerprint density at radius 1 is 1.42 bits per heavy atom. The van der Waals surface area contributed by atoms with Gasteiger partial charge in [-0.2, -0.15) is 0 Å². The second-order valence-corrected chi connectivity index (χ2v) is 7.10. The summed E-state index contributed by atoms with van der Waals surface area (Å²) in [4.78, 5) is 11.6. The van der Waals surface area contributed by atoms with Crippen LogP contribution in [0.3, 0.4) is 0 Å². The summed E-state index contributed by atoms with van der Waals surface area (Å²) in [5, 5.41) is 9.49. The summed E-state index contributed by atoms with van der Waals surface area (Å²) in [6, 6.07) is 7.02. The van der Waals surface area contributed by atoms with Gasteiger partial charge in [-0.25, -0.2) is 8.42 Å².